The summed E-state index contributed by atoms with van der Waals surface area (Å²) < 4.78 is 16.0. The fourth-order valence-corrected chi connectivity index (χ4v) is 1.89. The van der Waals surface area contributed by atoms with Crippen molar-refractivity contribution in [1.29, 1.82) is 0 Å². The molecule has 2 aromatic rings. The van der Waals surface area contributed by atoms with Gasteiger partial charge in [-0.1, -0.05) is 0 Å². The van der Waals surface area contributed by atoms with Crippen LogP contribution >= 0.6 is 0 Å². The van der Waals surface area contributed by atoms with E-state index < -0.39 is 0 Å². The Labute approximate surface area is 117 Å². The van der Waals surface area contributed by atoms with Crippen LogP contribution in [0.15, 0.2) is 22.7 Å². The topological polar surface area (TPSA) is 82.5 Å². The number of anilines is 2. The fourth-order valence-electron chi connectivity index (χ4n) is 1.89. The fraction of sp³-hybridized carbons (Fsp3) is 0.357. The van der Waals surface area contributed by atoms with Gasteiger partial charge in [0.1, 0.15) is 11.8 Å². The van der Waals surface area contributed by atoms with E-state index in [-0.39, 0.29) is 6.04 Å². The number of hydrogen-bond acceptors (Lipinski definition) is 6. The maximum atomic E-state index is 6.00. The second kappa shape index (κ2) is 5.73. The van der Waals surface area contributed by atoms with E-state index in [0.717, 1.165) is 11.4 Å². The van der Waals surface area contributed by atoms with Crippen molar-refractivity contribution in [2.24, 2.45) is 0 Å². The maximum Gasteiger partial charge on any atom is 0.216 e. The molecule has 0 aliphatic rings. The quantitative estimate of drug-likeness (QED) is 0.818. The van der Waals surface area contributed by atoms with Crippen LogP contribution in [0.5, 0.6) is 11.5 Å². The van der Waals surface area contributed by atoms with Crippen LogP contribution in [0.2, 0.25) is 0 Å². The number of hydrogen-bond donors (Lipinski definition) is 2. The Balaban J connectivity index is 2.24. The van der Waals surface area contributed by atoms with Crippen LogP contribution in [-0.2, 0) is 0 Å². The van der Waals surface area contributed by atoms with E-state index in [1.54, 1.807) is 32.5 Å². The third-order valence-corrected chi connectivity index (χ3v) is 2.94. The Hall–Kier alpha value is -2.37. The molecule has 1 atom stereocenters. The number of methoxy groups -OCH3 is 2. The minimum absolute atomic E-state index is 0.107. The first-order valence-corrected chi connectivity index (χ1v) is 6.25. The zero-order valence-corrected chi connectivity index (χ0v) is 12.1. The second-order valence-corrected chi connectivity index (χ2v) is 4.47. The number of oxazole rings is 1. The molecule has 0 aliphatic carbocycles. The predicted octanol–water partition coefficient (Wildman–Crippen LogP) is 2.76. The lowest BCUT2D eigenvalue weighted by Gasteiger charge is -2.16. The largest absolute Gasteiger partial charge is 0.493 e. The summed E-state index contributed by atoms with van der Waals surface area (Å²) in [6, 6.07) is 3.40. The van der Waals surface area contributed by atoms with Crippen LogP contribution in [0, 0.1) is 6.92 Å². The molecule has 3 N–H and O–H groups in total. The van der Waals surface area contributed by atoms with Crippen LogP contribution in [0.3, 0.4) is 0 Å². The van der Waals surface area contributed by atoms with Crippen LogP contribution in [0.25, 0.3) is 0 Å². The monoisotopic (exact) mass is 277 g/mol. The Bertz CT molecular complexity index is 595. The van der Waals surface area contributed by atoms with E-state index >= 15 is 0 Å². The summed E-state index contributed by atoms with van der Waals surface area (Å²) in [6.07, 6.45) is 1.69. The summed E-state index contributed by atoms with van der Waals surface area (Å²) >= 11 is 0. The molecule has 0 spiro atoms. The van der Waals surface area contributed by atoms with Crippen molar-refractivity contribution in [2.45, 2.75) is 19.9 Å². The first-order valence-electron chi connectivity index (χ1n) is 6.25. The average Bonchev–Trinajstić information content (AvgIpc) is 2.87. The van der Waals surface area contributed by atoms with Gasteiger partial charge < -0.3 is 24.9 Å². The van der Waals surface area contributed by atoms with E-state index in [2.05, 4.69) is 10.3 Å². The Morgan fingerprint density at radius 2 is 1.90 bits per heavy atom. The third-order valence-electron chi connectivity index (χ3n) is 2.94. The van der Waals surface area contributed by atoms with Gasteiger partial charge in [-0.3, -0.25) is 0 Å². The van der Waals surface area contributed by atoms with E-state index in [9.17, 15) is 0 Å². The van der Waals surface area contributed by atoms with E-state index in [0.29, 0.717) is 23.1 Å². The maximum absolute atomic E-state index is 6.00. The third kappa shape index (κ3) is 2.79. The number of nitrogen functional groups attached to an aromatic ring is 1. The van der Waals surface area contributed by atoms with Gasteiger partial charge in [0.15, 0.2) is 11.5 Å². The number of rotatable bonds is 5. The molecule has 0 radical (unpaired) electrons. The number of ether oxygens (including phenoxy) is 2. The molecule has 0 amide bonds. The molecule has 108 valence electrons. The van der Waals surface area contributed by atoms with Crippen LogP contribution < -0.4 is 20.5 Å². The van der Waals surface area contributed by atoms with Gasteiger partial charge in [-0.25, -0.2) is 4.98 Å². The van der Waals surface area contributed by atoms with Gasteiger partial charge in [-0.2, -0.15) is 0 Å². The minimum atomic E-state index is -0.107. The lowest BCUT2D eigenvalue weighted by atomic mass is 10.2. The number of aryl methyl sites for hydroxylation is 1. The molecule has 1 aromatic carbocycles. The van der Waals surface area contributed by atoms with Gasteiger partial charge in [0, 0.05) is 12.1 Å². The van der Waals surface area contributed by atoms with Crippen LogP contribution in [0.4, 0.5) is 11.4 Å². The summed E-state index contributed by atoms with van der Waals surface area (Å²) in [4.78, 5) is 4.19. The zero-order chi connectivity index (χ0) is 14.7. The number of benzene rings is 1. The van der Waals surface area contributed by atoms with Gasteiger partial charge >= 0.3 is 0 Å². The number of aromatic nitrogens is 1. The SMILES string of the molecule is COc1cc(N)c(NC(C)c2ncc(C)o2)cc1OC. The van der Waals surface area contributed by atoms with E-state index in [1.165, 1.54) is 0 Å². The Kier molecular flexibility index (Phi) is 4.02. The highest BCUT2D eigenvalue weighted by molar-refractivity contribution is 5.72. The lowest BCUT2D eigenvalue weighted by Crippen LogP contribution is -2.09. The molecule has 0 saturated carbocycles. The highest BCUT2D eigenvalue weighted by Gasteiger charge is 2.15. The minimum Gasteiger partial charge on any atom is -0.493 e. The van der Waals surface area contributed by atoms with Crippen molar-refractivity contribution >= 4 is 11.4 Å². The van der Waals surface area contributed by atoms with E-state index in [4.69, 9.17) is 19.6 Å². The molecule has 20 heavy (non-hydrogen) atoms. The van der Waals surface area contributed by atoms with Crippen molar-refractivity contribution in [3.63, 3.8) is 0 Å². The number of nitrogens with two attached hydrogens (primary N) is 1. The van der Waals surface area contributed by atoms with Crippen LogP contribution in [0.1, 0.15) is 24.6 Å². The second-order valence-electron chi connectivity index (χ2n) is 4.47. The Morgan fingerprint density at radius 3 is 2.45 bits per heavy atom. The first-order chi connectivity index (χ1) is 9.55. The highest BCUT2D eigenvalue weighted by Crippen LogP contribution is 2.36. The smallest absolute Gasteiger partial charge is 0.216 e. The lowest BCUT2D eigenvalue weighted by molar-refractivity contribution is 0.355. The number of nitrogens with zero attached hydrogens (tertiary/aromatic N) is 1. The molecule has 0 saturated heterocycles. The van der Waals surface area contributed by atoms with Crippen molar-refractivity contribution < 1.29 is 13.9 Å². The molecule has 0 aliphatic heterocycles. The number of nitrogens with one attached hydrogen (secondary N) is 1. The summed E-state index contributed by atoms with van der Waals surface area (Å²) in [7, 11) is 3.15. The zero-order valence-electron chi connectivity index (χ0n) is 12.1. The van der Waals surface area contributed by atoms with Crippen molar-refractivity contribution in [2.75, 3.05) is 25.3 Å². The van der Waals surface area contributed by atoms with Gasteiger partial charge in [-0.15, -0.1) is 0 Å². The van der Waals surface area contributed by atoms with Gasteiger partial charge in [-0.05, 0) is 13.8 Å². The summed E-state index contributed by atoms with van der Waals surface area (Å²) in [5, 5.41) is 3.25. The van der Waals surface area contributed by atoms with Gasteiger partial charge in [0.25, 0.3) is 0 Å². The average molecular weight is 277 g/mol. The molecule has 0 fully saturated rings. The molecular formula is C14H19N3O3. The van der Waals surface area contributed by atoms with Gasteiger partial charge in [0.05, 0.1) is 31.8 Å². The summed E-state index contributed by atoms with van der Waals surface area (Å²) in [6.45, 7) is 3.80. The Morgan fingerprint density at radius 1 is 1.25 bits per heavy atom. The molecule has 1 unspecified atom stereocenters. The van der Waals surface area contributed by atoms with Crippen molar-refractivity contribution in [3.8, 4) is 11.5 Å². The first kappa shape index (κ1) is 14.0. The normalized spacial score (nSPS) is 12.0. The van der Waals surface area contributed by atoms with Gasteiger partial charge in [0.2, 0.25) is 5.89 Å². The highest BCUT2D eigenvalue weighted by atomic mass is 16.5. The molecule has 6 nitrogen and oxygen atoms in total. The molecule has 0 bridgehead atoms. The molecule has 2 rings (SSSR count). The summed E-state index contributed by atoms with van der Waals surface area (Å²) in [5.74, 6) is 2.58. The van der Waals surface area contributed by atoms with Crippen molar-refractivity contribution in [3.05, 3.63) is 30.0 Å². The standard InChI is InChI=1S/C14H19N3O3/c1-8-7-16-14(20-8)9(2)17-11-6-13(19-4)12(18-3)5-10(11)15/h5-7,9,17H,15H2,1-4H3. The predicted molar refractivity (Wildman–Crippen MR) is 77.2 cm³/mol. The molecule has 6 heteroatoms. The molecule has 1 aromatic heterocycles. The van der Waals surface area contributed by atoms with Crippen molar-refractivity contribution in [1.82, 2.24) is 4.98 Å². The summed E-state index contributed by atoms with van der Waals surface area (Å²) in [5.41, 5.74) is 7.31. The van der Waals surface area contributed by atoms with Crippen LogP contribution in [-0.4, -0.2) is 19.2 Å². The van der Waals surface area contributed by atoms with E-state index in [1.807, 2.05) is 13.8 Å². The molecule has 1 heterocycles. The molecular weight excluding hydrogens is 258 g/mol.